The fourth-order valence-corrected chi connectivity index (χ4v) is 3.73. The lowest BCUT2D eigenvalue weighted by Gasteiger charge is -2.17. The molecule has 2 aromatic rings. The number of carbonyl (C=O) groups is 1. The fraction of sp³-hybridized carbons (Fsp3) is 0.385. The summed E-state index contributed by atoms with van der Waals surface area (Å²) in [4.78, 5) is 20.8. The lowest BCUT2D eigenvalue weighted by atomic mass is 9.89. The number of nitrogens with one attached hydrogen (secondary N) is 1. The van der Waals surface area contributed by atoms with Gasteiger partial charge in [0.25, 0.3) is 0 Å². The summed E-state index contributed by atoms with van der Waals surface area (Å²) in [6.07, 6.45) is 6.72. The van der Waals surface area contributed by atoms with Gasteiger partial charge in [0.15, 0.2) is 0 Å². The maximum Gasteiger partial charge on any atom is 0.306 e. The summed E-state index contributed by atoms with van der Waals surface area (Å²) in [5.41, 5.74) is 1.33. The zero-order chi connectivity index (χ0) is 12.5. The van der Waals surface area contributed by atoms with Crippen LogP contribution in [0.1, 0.15) is 27.6 Å². The van der Waals surface area contributed by atoms with Crippen LogP contribution in [0, 0.1) is 5.92 Å². The van der Waals surface area contributed by atoms with Gasteiger partial charge in [0.05, 0.1) is 5.92 Å². The lowest BCUT2D eigenvalue weighted by Crippen LogP contribution is -2.20. The van der Waals surface area contributed by atoms with Crippen molar-refractivity contribution in [1.82, 2.24) is 9.97 Å². The van der Waals surface area contributed by atoms with Crippen molar-refractivity contribution in [2.24, 2.45) is 5.92 Å². The third kappa shape index (κ3) is 2.18. The maximum absolute atomic E-state index is 11.0. The normalized spacial score (nSPS) is 18.6. The van der Waals surface area contributed by atoms with Crippen LogP contribution in [0.2, 0.25) is 0 Å². The molecule has 0 amide bonds. The van der Waals surface area contributed by atoms with E-state index in [1.165, 1.54) is 15.3 Å². The molecule has 0 aromatic carbocycles. The van der Waals surface area contributed by atoms with E-state index in [0.29, 0.717) is 6.42 Å². The highest BCUT2D eigenvalue weighted by molar-refractivity contribution is 7.12. The van der Waals surface area contributed by atoms with Crippen molar-refractivity contribution in [2.45, 2.75) is 25.7 Å². The van der Waals surface area contributed by atoms with Crippen molar-refractivity contribution in [2.75, 3.05) is 0 Å². The van der Waals surface area contributed by atoms with Gasteiger partial charge in [0.2, 0.25) is 0 Å². The molecule has 0 radical (unpaired) electrons. The third-order valence-electron chi connectivity index (χ3n) is 3.39. The van der Waals surface area contributed by atoms with Gasteiger partial charge in [-0.3, -0.25) is 4.79 Å². The van der Waals surface area contributed by atoms with Gasteiger partial charge in [-0.1, -0.05) is 0 Å². The molecular formula is C13H14N2O2S. The van der Waals surface area contributed by atoms with Crippen molar-refractivity contribution in [3.8, 4) is 0 Å². The summed E-state index contributed by atoms with van der Waals surface area (Å²) in [6.45, 7) is 0. The summed E-state index contributed by atoms with van der Waals surface area (Å²) < 4.78 is 0. The average molecular weight is 262 g/mol. The fourth-order valence-electron chi connectivity index (χ4n) is 2.43. The highest BCUT2D eigenvalue weighted by Crippen LogP contribution is 2.33. The second kappa shape index (κ2) is 4.57. The largest absolute Gasteiger partial charge is 0.481 e. The van der Waals surface area contributed by atoms with E-state index in [1.54, 1.807) is 17.5 Å². The summed E-state index contributed by atoms with van der Waals surface area (Å²) in [6, 6.07) is 2.21. The topological polar surface area (TPSA) is 66.0 Å². The molecule has 0 aliphatic heterocycles. The van der Waals surface area contributed by atoms with Crippen LogP contribution in [0.25, 0.3) is 0 Å². The van der Waals surface area contributed by atoms with Gasteiger partial charge in [-0.25, -0.2) is 4.98 Å². The van der Waals surface area contributed by atoms with Crippen molar-refractivity contribution >= 4 is 17.3 Å². The van der Waals surface area contributed by atoms with Gasteiger partial charge in [-0.05, 0) is 30.9 Å². The number of hydrogen-bond acceptors (Lipinski definition) is 3. The van der Waals surface area contributed by atoms with Crippen molar-refractivity contribution in [3.63, 3.8) is 0 Å². The Labute approximate surface area is 109 Å². The number of rotatable bonds is 3. The van der Waals surface area contributed by atoms with E-state index in [2.05, 4.69) is 16.0 Å². The number of H-pyrrole nitrogens is 1. The molecule has 1 atom stereocenters. The summed E-state index contributed by atoms with van der Waals surface area (Å²) in [7, 11) is 0. The summed E-state index contributed by atoms with van der Waals surface area (Å²) in [5.74, 6) is 0.0950. The second-order valence-electron chi connectivity index (χ2n) is 4.65. The van der Waals surface area contributed by atoms with Crippen LogP contribution in [-0.2, 0) is 24.1 Å². The zero-order valence-electron chi connectivity index (χ0n) is 9.85. The molecule has 0 saturated heterocycles. The Kier molecular flexibility index (Phi) is 2.91. The first-order valence-electron chi connectivity index (χ1n) is 6.04. The van der Waals surface area contributed by atoms with Gasteiger partial charge in [0, 0.05) is 28.6 Å². The number of aromatic amines is 1. The number of aryl methyl sites for hydroxylation is 1. The molecule has 4 nitrogen and oxygen atoms in total. The molecule has 5 heteroatoms. The Balaban J connectivity index is 1.78. The number of hydrogen-bond donors (Lipinski definition) is 2. The highest BCUT2D eigenvalue weighted by Gasteiger charge is 2.26. The summed E-state index contributed by atoms with van der Waals surface area (Å²) in [5, 5.41) is 9.07. The number of carboxylic acid groups (broad SMARTS) is 1. The molecule has 94 valence electrons. The first-order valence-corrected chi connectivity index (χ1v) is 6.85. The number of aromatic nitrogens is 2. The molecule has 1 aliphatic rings. The molecule has 18 heavy (non-hydrogen) atoms. The number of carboxylic acids is 1. The van der Waals surface area contributed by atoms with E-state index in [9.17, 15) is 4.79 Å². The van der Waals surface area contributed by atoms with Crippen LogP contribution >= 0.6 is 11.3 Å². The summed E-state index contributed by atoms with van der Waals surface area (Å²) >= 11 is 1.73. The van der Waals surface area contributed by atoms with Crippen LogP contribution in [0.4, 0.5) is 0 Å². The zero-order valence-corrected chi connectivity index (χ0v) is 10.7. The molecule has 2 N–H and O–H groups in total. The van der Waals surface area contributed by atoms with E-state index in [0.717, 1.165) is 25.1 Å². The SMILES string of the molecule is O=C(O)C1CCc2cc(Cc3ncc[nH]3)sc2C1. The Morgan fingerprint density at radius 3 is 3.22 bits per heavy atom. The molecule has 0 spiro atoms. The number of nitrogens with zero attached hydrogens (tertiary/aromatic N) is 1. The third-order valence-corrected chi connectivity index (χ3v) is 4.59. The standard InChI is InChI=1S/C13H14N2O2S/c16-13(17)9-2-1-8-5-10(18-11(8)6-9)7-12-14-3-4-15-12/h3-5,9H,1-2,6-7H2,(H,14,15)(H,16,17). The Morgan fingerprint density at radius 1 is 1.61 bits per heavy atom. The van der Waals surface area contributed by atoms with Gasteiger partial charge >= 0.3 is 5.97 Å². The van der Waals surface area contributed by atoms with Gasteiger partial charge in [-0.2, -0.15) is 0 Å². The molecule has 2 heterocycles. The Morgan fingerprint density at radius 2 is 2.50 bits per heavy atom. The maximum atomic E-state index is 11.0. The molecule has 0 fully saturated rings. The van der Waals surface area contributed by atoms with E-state index in [-0.39, 0.29) is 5.92 Å². The van der Waals surface area contributed by atoms with Gasteiger partial charge < -0.3 is 10.1 Å². The van der Waals surface area contributed by atoms with Crippen LogP contribution in [-0.4, -0.2) is 21.0 Å². The minimum atomic E-state index is -0.665. The second-order valence-corrected chi connectivity index (χ2v) is 5.87. The number of fused-ring (bicyclic) bond motifs is 1. The Bertz CT molecular complexity index is 560. The first kappa shape index (κ1) is 11.5. The van der Waals surface area contributed by atoms with Crippen molar-refractivity contribution in [1.29, 1.82) is 0 Å². The van der Waals surface area contributed by atoms with E-state index in [4.69, 9.17) is 5.11 Å². The number of aliphatic carboxylic acids is 1. The van der Waals surface area contributed by atoms with Crippen molar-refractivity contribution < 1.29 is 9.90 Å². The van der Waals surface area contributed by atoms with Crippen LogP contribution in [0.3, 0.4) is 0 Å². The first-order chi connectivity index (χ1) is 8.72. The lowest BCUT2D eigenvalue weighted by molar-refractivity contribution is -0.142. The highest BCUT2D eigenvalue weighted by atomic mass is 32.1. The molecule has 0 bridgehead atoms. The molecule has 1 aliphatic carbocycles. The van der Waals surface area contributed by atoms with Crippen LogP contribution < -0.4 is 0 Å². The molecule has 0 saturated carbocycles. The smallest absolute Gasteiger partial charge is 0.306 e. The minimum absolute atomic E-state index is 0.201. The molecule has 3 rings (SSSR count). The predicted molar refractivity (Wildman–Crippen MR) is 68.9 cm³/mol. The quantitative estimate of drug-likeness (QED) is 0.891. The monoisotopic (exact) mass is 262 g/mol. The van der Waals surface area contributed by atoms with Gasteiger partial charge in [-0.15, -0.1) is 11.3 Å². The molecular weight excluding hydrogens is 248 g/mol. The van der Waals surface area contributed by atoms with Crippen molar-refractivity contribution in [3.05, 3.63) is 39.6 Å². The van der Waals surface area contributed by atoms with E-state index >= 15 is 0 Å². The van der Waals surface area contributed by atoms with E-state index < -0.39 is 5.97 Å². The molecule has 2 aromatic heterocycles. The molecule has 1 unspecified atom stereocenters. The average Bonchev–Trinajstić information content (AvgIpc) is 2.96. The van der Waals surface area contributed by atoms with E-state index in [1.807, 2.05) is 6.20 Å². The number of imidazole rings is 1. The number of thiophene rings is 1. The van der Waals surface area contributed by atoms with Crippen LogP contribution in [0.5, 0.6) is 0 Å². The minimum Gasteiger partial charge on any atom is -0.481 e. The van der Waals surface area contributed by atoms with Crippen LogP contribution in [0.15, 0.2) is 18.5 Å². The van der Waals surface area contributed by atoms with Gasteiger partial charge in [0.1, 0.15) is 5.82 Å². The predicted octanol–water partition coefficient (Wildman–Crippen LogP) is 2.25. The Hall–Kier alpha value is -1.62.